The molecule has 0 atom stereocenters. The molecule has 1 aromatic carbocycles. The van der Waals surface area contributed by atoms with Crippen LogP contribution in [-0.4, -0.2) is 10.8 Å². The maximum absolute atomic E-state index is 13.5. The van der Waals surface area contributed by atoms with E-state index in [0.29, 0.717) is 5.56 Å². The van der Waals surface area contributed by atoms with Crippen LogP contribution in [0.4, 0.5) is 8.78 Å². The second-order valence-corrected chi connectivity index (χ2v) is 3.63. The lowest BCUT2D eigenvalue weighted by Gasteiger charge is -2.06. The van der Waals surface area contributed by atoms with Crippen molar-refractivity contribution in [3.63, 3.8) is 0 Å². The highest BCUT2D eigenvalue weighted by Gasteiger charge is 2.13. The van der Waals surface area contributed by atoms with Crippen molar-refractivity contribution in [1.82, 2.24) is 4.98 Å². The summed E-state index contributed by atoms with van der Waals surface area (Å²) in [5, 5.41) is 0.130. The molecular formula is C12H9F2NO. The number of Topliss-reactive ketones (excluding diaryl/α,β-unsaturated/α-hetero) is 1. The Morgan fingerprint density at radius 1 is 1.25 bits per heavy atom. The molecule has 1 aromatic heterocycles. The van der Waals surface area contributed by atoms with E-state index in [1.807, 2.05) is 0 Å². The third-order valence-electron chi connectivity index (χ3n) is 2.42. The Labute approximate surface area is 90.9 Å². The highest BCUT2D eigenvalue weighted by Crippen LogP contribution is 2.23. The molecule has 0 saturated carbocycles. The second-order valence-electron chi connectivity index (χ2n) is 3.63. The molecule has 4 heteroatoms. The van der Waals surface area contributed by atoms with Crippen LogP contribution in [0.2, 0.25) is 0 Å². The molecule has 0 N–H and O–H groups in total. The molecule has 2 nitrogen and oxygen atoms in total. The number of halogens is 2. The van der Waals surface area contributed by atoms with E-state index in [4.69, 9.17) is 0 Å². The third kappa shape index (κ3) is 1.56. The van der Waals surface area contributed by atoms with Crippen molar-refractivity contribution in [2.75, 3.05) is 0 Å². The zero-order chi connectivity index (χ0) is 11.9. The number of benzene rings is 1. The first-order valence-corrected chi connectivity index (χ1v) is 4.77. The number of hydrogen-bond acceptors (Lipinski definition) is 2. The smallest absolute Gasteiger partial charge is 0.178 e. The molecule has 0 unspecified atom stereocenters. The molecule has 0 amide bonds. The van der Waals surface area contributed by atoms with Crippen LogP contribution in [0.5, 0.6) is 0 Å². The van der Waals surface area contributed by atoms with E-state index in [-0.39, 0.29) is 22.4 Å². The first-order valence-electron chi connectivity index (χ1n) is 4.77. The highest BCUT2D eigenvalue weighted by atomic mass is 19.1. The van der Waals surface area contributed by atoms with Crippen LogP contribution in [0.3, 0.4) is 0 Å². The minimum atomic E-state index is -0.623. The first-order chi connectivity index (χ1) is 7.50. The van der Waals surface area contributed by atoms with E-state index in [1.165, 1.54) is 13.0 Å². The van der Waals surface area contributed by atoms with Crippen molar-refractivity contribution in [1.29, 1.82) is 0 Å². The molecule has 2 rings (SSSR count). The molecule has 2 aromatic rings. The molecule has 0 aliphatic carbocycles. The van der Waals surface area contributed by atoms with Crippen LogP contribution in [-0.2, 0) is 0 Å². The molecule has 0 aliphatic rings. The van der Waals surface area contributed by atoms with Crippen LogP contribution in [0.1, 0.15) is 23.0 Å². The number of pyridine rings is 1. The average Bonchev–Trinajstić information content (AvgIpc) is 2.22. The number of ketones is 1. The highest BCUT2D eigenvalue weighted by molar-refractivity contribution is 5.96. The van der Waals surface area contributed by atoms with Crippen LogP contribution in [0, 0.1) is 18.6 Å². The molecular weight excluding hydrogens is 212 g/mol. The lowest BCUT2D eigenvalue weighted by Crippen LogP contribution is -2.00. The van der Waals surface area contributed by atoms with E-state index in [2.05, 4.69) is 4.98 Å². The fourth-order valence-electron chi connectivity index (χ4n) is 1.64. The van der Waals surface area contributed by atoms with Gasteiger partial charge in [-0.05, 0) is 30.7 Å². The summed E-state index contributed by atoms with van der Waals surface area (Å²) < 4.78 is 26.9. The van der Waals surface area contributed by atoms with Crippen molar-refractivity contribution in [3.8, 4) is 0 Å². The molecule has 0 radical (unpaired) electrons. The number of aromatic nitrogens is 1. The van der Waals surface area contributed by atoms with Gasteiger partial charge in [-0.25, -0.2) is 13.8 Å². The standard InChI is InChI=1S/C12H9F2NO/c1-6-5-10(7(2)16)15-12-9(14)4-3-8(13)11(6)12/h3-5H,1-2H3. The summed E-state index contributed by atoms with van der Waals surface area (Å²) in [7, 11) is 0. The van der Waals surface area contributed by atoms with Gasteiger partial charge >= 0.3 is 0 Å². The third-order valence-corrected chi connectivity index (χ3v) is 2.42. The van der Waals surface area contributed by atoms with E-state index >= 15 is 0 Å². The van der Waals surface area contributed by atoms with Gasteiger partial charge in [0.1, 0.15) is 22.8 Å². The maximum atomic E-state index is 13.5. The summed E-state index contributed by atoms with van der Waals surface area (Å²) in [4.78, 5) is 15.0. The molecule has 16 heavy (non-hydrogen) atoms. The Morgan fingerprint density at radius 2 is 1.88 bits per heavy atom. The summed E-state index contributed by atoms with van der Waals surface area (Å²) in [6.45, 7) is 2.96. The van der Waals surface area contributed by atoms with Gasteiger partial charge in [0, 0.05) is 12.3 Å². The van der Waals surface area contributed by atoms with Crippen molar-refractivity contribution in [2.24, 2.45) is 0 Å². The molecule has 1 heterocycles. The topological polar surface area (TPSA) is 30.0 Å². The van der Waals surface area contributed by atoms with Gasteiger partial charge in [0.2, 0.25) is 0 Å². The first kappa shape index (κ1) is 10.7. The van der Waals surface area contributed by atoms with Crippen molar-refractivity contribution >= 4 is 16.7 Å². The minimum absolute atomic E-state index is 0.0924. The Morgan fingerprint density at radius 3 is 2.50 bits per heavy atom. The zero-order valence-corrected chi connectivity index (χ0v) is 8.84. The SMILES string of the molecule is CC(=O)c1cc(C)c2c(F)ccc(F)c2n1. The van der Waals surface area contributed by atoms with E-state index < -0.39 is 11.6 Å². The molecule has 82 valence electrons. The van der Waals surface area contributed by atoms with Crippen molar-refractivity contribution < 1.29 is 13.6 Å². The molecule has 0 fully saturated rings. The Kier molecular flexibility index (Phi) is 2.42. The van der Waals surface area contributed by atoms with Gasteiger partial charge in [0.25, 0.3) is 0 Å². The van der Waals surface area contributed by atoms with Crippen LogP contribution in [0.25, 0.3) is 10.9 Å². The molecule has 0 spiro atoms. The van der Waals surface area contributed by atoms with E-state index in [0.717, 1.165) is 12.1 Å². The van der Waals surface area contributed by atoms with Gasteiger partial charge in [-0.15, -0.1) is 0 Å². The number of carbonyl (C=O) groups excluding carboxylic acids is 1. The number of fused-ring (bicyclic) bond motifs is 1. The van der Waals surface area contributed by atoms with Gasteiger partial charge in [-0.1, -0.05) is 0 Å². The maximum Gasteiger partial charge on any atom is 0.178 e. The minimum Gasteiger partial charge on any atom is -0.293 e. The number of carbonyl (C=O) groups is 1. The van der Waals surface area contributed by atoms with Gasteiger partial charge in [-0.3, -0.25) is 4.79 Å². The lowest BCUT2D eigenvalue weighted by molar-refractivity contribution is 0.101. The van der Waals surface area contributed by atoms with Crippen molar-refractivity contribution in [3.05, 3.63) is 41.1 Å². The van der Waals surface area contributed by atoms with E-state index in [9.17, 15) is 13.6 Å². The monoisotopic (exact) mass is 221 g/mol. The summed E-state index contributed by atoms with van der Waals surface area (Å²) in [5.41, 5.74) is 0.562. The van der Waals surface area contributed by atoms with E-state index in [1.54, 1.807) is 6.92 Å². The Balaban J connectivity index is 2.92. The quantitative estimate of drug-likeness (QED) is 0.693. The number of nitrogens with zero attached hydrogens (tertiary/aromatic N) is 1. The fraction of sp³-hybridized carbons (Fsp3) is 0.167. The van der Waals surface area contributed by atoms with Gasteiger partial charge < -0.3 is 0 Å². The molecule has 0 aliphatic heterocycles. The number of hydrogen-bond donors (Lipinski definition) is 0. The van der Waals surface area contributed by atoms with Gasteiger partial charge in [0.05, 0.1) is 0 Å². The predicted molar refractivity (Wildman–Crippen MR) is 56.4 cm³/mol. The van der Waals surface area contributed by atoms with Gasteiger partial charge in [-0.2, -0.15) is 0 Å². The zero-order valence-electron chi connectivity index (χ0n) is 8.84. The van der Waals surface area contributed by atoms with Crippen LogP contribution in [0.15, 0.2) is 18.2 Å². The van der Waals surface area contributed by atoms with Crippen molar-refractivity contribution in [2.45, 2.75) is 13.8 Å². The number of rotatable bonds is 1. The molecule has 0 bridgehead atoms. The second kappa shape index (κ2) is 3.63. The van der Waals surface area contributed by atoms with Crippen LogP contribution < -0.4 is 0 Å². The normalized spacial score (nSPS) is 10.8. The average molecular weight is 221 g/mol. The van der Waals surface area contributed by atoms with Crippen LogP contribution >= 0.6 is 0 Å². The number of aryl methyl sites for hydroxylation is 1. The predicted octanol–water partition coefficient (Wildman–Crippen LogP) is 3.02. The van der Waals surface area contributed by atoms with Gasteiger partial charge in [0.15, 0.2) is 5.78 Å². The summed E-state index contributed by atoms with van der Waals surface area (Å²) in [6.07, 6.45) is 0. The Bertz CT molecular complexity index is 593. The summed E-state index contributed by atoms with van der Waals surface area (Å²) in [6, 6.07) is 3.53. The largest absolute Gasteiger partial charge is 0.293 e. The fourth-order valence-corrected chi connectivity index (χ4v) is 1.64. The summed E-state index contributed by atoms with van der Waals surface area (Å²) in [5.74, 6) is -1.42. The molecule has 0 saturated heterocycles. The summed E-state index contributed by atoms with van der Waals surface area (Å²) >= 11 is 0. The lowest BCUT2D eigenvalue weighted by atomic mass is 10.1. The Hall–Kier alpha value is -1.84.